The van der Waals surface area contributed by atoms with Crippen molar-refractivity contribution in [1.82, 2.24) is 0 Å². The van der Waals surface area contributed by atoms with E-state index in [4.69, 9.17) is 5.11 Å². The Kier molecular flexibility index (Phi) is 14.1. The number of allylic oxidation sites excluding steroid dienone is 6. The van der Waals surface area contributed by atoms with Gasteiger partial charge in [0.1, 0.15) is 23.2 Å². The lowest BCUT2D eigenvalue weighted by atomic mass is 10.2. The zero-order valence-corrected chi connectivity index (χ0v) is 23.8. The summed E-state index contributed by atoms with van der Waals surface area (Å²) in [7, 11) is -1.75. The van der Waals surface area contributed by atoms with Crippen molar-refractivity contribution in [2.45, 2.75) is 38.5 Å². The maximum atomic E-state index is 10.5. The third kappa shape index (κ3) is 9.19. The SMILES string of the molecule is O=C(O)CCC/C=C\C/C=C\C/C=C\CC[P+](c1ccccc1)(c1ccccc1)c1ccccc1.[I-]. The van der Waals surface area contributed by atoms with E-state index < -0.39 is 13.2 Å². The fraction of sp³-hybridized carbons (Fsp3) is 0.219. The predicted molar refractivity (Wildman–Crippen MR) is 153 cm³/mol. The first-order valence-electron chi connectivity index (χ1n) is 12.4. The predicted octanol–water partition coefficient (Wildman–Crippen LogP) is 4.08. The minimum absolute atomic E-state index is 0. The molecule has 0 radical (unpaired) electrons. The van der Waals surface area contributed by atoms with E-state index in [2.05, 4.69) is 127 Å². The Hall–Kier alpha value is -2.49. The van der Waals surface area contributed by atoms with Gasteiger partial charge in [0, 0.05) is 12.8 Å². The van der Waals surface area contributed by atoms with Gasteiger partial charge < -0.3 is 29.1 Å². The molecule has 3 rings (SSSR count). The Morgan fingerprint density at radius 1 is 0.611 bits per heavy atom. The van der Waals surface area contributed by atoms with Crippen LogP contribution >= 0.6 is 7.26 Å². The largest absolute Gasteiger partial charge is 1.00 e. The first kappa shape index (κ1) is 29.7. The van der Waals surface area contributed by atoms with E-state index in [1.807, 2.05) is 0 Å². The van der Waals surface area contributed by atoms with Gasteiger partial charge >= 0.3 is 5.97 Å². The van der Waals surface area contributed by atoms with Crippen LogP contribution in [-0.4, -0.2) is 17.2 Å². The van der Waals surface area contributed by atoms with E-state index in [1.165, 1.54) is 15.9 Å². The fourth-order valence-electron chi connectivity index (χ4n) is 4.30. The summed E-state index contributed by atoms with van der Waals surface area (Å²) < 4.78 is 0. The number of benzene rings is 3. The third-order valence-electron chi connectivity index (χ3n) is 6.03. The lowest BCUT2D eigenvalue weighted by Crippen LogP contribution is -3.00. The van der Waals surface area contributed by atoms with Crippen LogP contribution in [0.25, 0.3) is 0 Å². The van der Waals surface area contributed by atoms with Gasteiger partial charge in [-0.15, -0.1) is 0 Å². The molecular formula is C32H36IO2P. The average molecular weight is 611 g/mol. The van der Waals surface area contributed by atoms with Crippen LogP contribution in [0.4, 0.5) is 0 Å². The maximum absolute atomic E-state index is 10.5. The fourth-order valence-corrected chi connectivity index (χ4v) is 8.55. The zero-order chi connectivity index (χ0) is 24.6. The van der Waals surface area contributed by atoms with Crippen molar-refractivity contribution >= 4 is 29.1 Å². The molecule has 188 valence electrons. The summed E-state index contributed by atoms with van der Waals surface area (Å²) in [5.74, 6) is -0.722. The second-order valence-corrected chi connectivity index (χ2v) is 12.1. The van der Waals surface area contributed by atoms with Gasteiger partial charge in [0.25, 0.3) is 0 Å². The van der Waals surface area contributed by atoms with Crippen LogP contribution in [0.3, 0.4) is 0 Å². The molecule has 3 aromatic rings. The molecule has 1 N–H and O–H groups in total. The molecule has 0 saturated heterocycles. The molecule has 3 aromatic carbocycles. The van der Waals surface area contributed by atoms with Crippen LogP contribution < -0.4 is 39.9 Å². The smallest absolute Gasteiger partial charge is 0.303 e. The monoisotopic (exact) mass is 610 g/mol. The van der Waals surface area contributed by atoms with Crippen molar-refractivity contribution < 1.29 is 33.9 Å². The molecule has 2 nitrogen and oxygen atoms in total. The van der Waals surface area contributed by atoms with Gasteiger partial charge in [0.15, 0.2) is 0 Å². The van der Waals surface area contributed by atoms with Gasteiger partial charge in [-0.3, -0.25) is 4.79 Å². The number of halogens is 1. The molecule has 0 heterocycles. The quantitative estimate of drug-likeness (QED) is 0.129. The van der Waals surface area contributed by atoms with E-state index in [0.29, 0.717) is 6.42 Å². The molecule has 0 spiro atoms. The summed E-state index contributed by atoms with van der Waals surface area (Å²) in [6, 6.07) is 33.1. The van der Waals surface area contributed by atoms with E-state index in [-0.39, 0.29) is 30.4 Å². The Morgan fingerprint density at radius 3 is 1.42 bits per heavy atom. The maximum Gasteiger partial charge on any atom is 0.303 e. The van der Waals surface area contributed by atoms with E-state index in [0.717, 1.165) is 31.8 Å². The molecular weight excluding hydrogens is 574 g/mol. The summed E-state index contributed by atoms with van der Waals surface area (Å²) >= 11 is 0. The number of hydrogen-bond donors (Lipinski definition) is 1. The summed E-state index contributed by atoms with van der Waals surface area (Å²) in [6.07, 6.45) is 18.9. The Morgan fingerprint density at radius 2 is 1.00 bits per heavy atom. The highest BCUT2D eigenvalue weighted by Gasteiger charge is 2.44. The van der Waals surface area contributed by atoms with Crippen molar-refractivity contribution in [3.05, 3.63) is 127 Å². The Bertz CT molecular complexity index is 996. The Labute approximate surface area is 234 Å². The van der Waals surface area contributed by atoms with Crippen LogP contribution in [-0.2, 0) is 4.79 Å². The summed E-state index contributed by atoms with van der Waals surface area (Å²) in [5.41, 5.74) is 0. The molecule has 0 aliphatic heterocycles. The lowest BCUT2D eigenvalue weighted by Gasteiger charge is -2.27. The number of aliphatic carboxylic acids is 1. The summed E-state index contributed by atoms with van der Waals surface area (Å²) in [4.78, 5) is 10.5. The molecule has 0 unspecified atom stereocenters. The normalized spacial score (nSPS) is 11.8. The first-order valence-corrected chi connectivity index (χ1v) is 14.4. The van der Waals surface area contributed by atoms with Crippen LogP contribution in [0.5, 0.6) is 0 Å². The molecule has 0 aliphatic carbocycles. The van der Waals surface area contributed by atoms with Crippen molar-refractivity contribution in [1.29, 1.82) is 0 Å². The number of hydrogen-bond acceptors (Lipinski definition) is 1. The minimum atomic E-state index is -1.75. The van der Waals surface area contributed by atoms with Crippen molar-refractivity contribution in [3.63, 3.8) is 0 Å². The van der Waals surface area contributed by atoms with Crippen LogP contribution in [0, 0.1) is 0 Å². The number of carboxylic acid groups (broad SMARTS) is 1. The number of carboxylic acids is 1. The van der Waals surface area contributed by atoms with Crippen molar-refractivity contribution in [2.75, 3.05) is 6.16 Å². The number of unbranched alkanes of at least 4 members (excludes halogenated alkanes) is 1. The highest BCUT2D eigenvalue weighted by atomic mass is 127. The average Bonchev–Trinajstić information content (AvgIpc) is 2.90. The topological polar surface area (TPSA) is 37.3 Å². The van der Waals surface area contributed by atoms with Crippen molar-refractivity contribution in [2.24, 2.45) is 0 Å². The second kappa shape index (κ2) is 17.1. The molecule has 0 aliphatic rings. The Balaban J connectivity index is 0.00000456. The molecule has 0 amide bonds. The standard InChI is InChI=1S/C32H35O2P.HI/c33-32(34)27-19-8-6-4-2-1-3-5-7-9-20-28-35(29-21-13-10-14-22-29,30-23-15-11-16-24-30)31-25-17-12-18-26-31;/h1,3-4,6-7,9-18,21-26H,2,5,8,19-20,27-28H2;1H/b3-1-,6-4-,9-7-;. The molecule has 0 atom stereocenters. The molecule has 36 heavy (non-hydrogen) atoms. The summed E-state index contributed by atoms with van der Waals surface area (Å²) in [5, 5.41) is 12.9. The number of rotatable bonds is 14. The van der Waals surface area contributed by atoms with Crippen molar-refractivity contribution in [3.8, 4) is 0 Å². The van der Waals surface area contributed by atoms with Gasteiger partial charge in [-0.05, 0) is 62.1 Å². The van der Waals surface area contributed by atoms with Gasteiger partial charge in [-0.1, -0.05) is 91.1 Å². The highest BCUT2D eigenvalue weighted by Crippen LogP contribution is 2.55. The van der Waals surface area contributed by atoms with Crippen LogP contribution in [0.15, 0.2) is 127 Å². The van der Waals surface area contributed by atoms with Gasteiger partial charge in [-0.2, -0.15) is 0 Å². The van der Waals surface area contributed by atoms with Gasteiger partial charge in [0.05, 0.1) is 6.16 Å². The van der Waals surface area contributed by atoms with E-state index in [1.54, 1.807) is 0 Å². The second-order valence-electron chi connectivity index (χ2n) is 8.50. The third-order valence-corrected chi connectivity index (χ3v) is 10.5. The van der Waals surface area contributed by atoms with Gasteiger partial charge in [0.2, 0.25) is 0 Å². The van der Waals surface area contributed by atoms with Gasteiger partial charge in [-0.25, -0.2) is 0 Å². The molecule has 0 saturated carbocycles. The lowest BCUT2D eigenvalue weighted by molar-refractivity contribution is -0.137. The van der Waals surface area contributed by atoms with Crippen LogP contribution in [0.2, 0.25) is 0 Å². The first-order chi connectivity index (χ1) is 17.2. The molecule has 0 fully saturated rings. The molecule has 0 aromatic heterocycles. The van der Waals surface area contributed by atoms with E-state index in [9.17, 15) is 4.79 Å². The van der Waals surface area contributed by atoms with Crippen LogP contribution in [0.1, 0.15) is 38.5 Å². The summed E-state index contributed by atoms with van der Waals surface area (Å²) in [6.45, 7) is 0. The minimum Gasteiger partial charge on any atom is -1.00 e. The highest BCUT2D eigenvalue weighted by molar-refractivity contribution is 7.95. The number of carbonyl (C=O) groups is 1. The molecule has 4 heteroatoms. The van der Waals surface area contributed by atoms with E-state index >= 15 is 0 Å². The molecule has 0 bridgehead atoms. The zero-order valence-electron chi connectivity index (χ0n) is 20.8.